The third kappa shape index (κ3) is 3.92. The molecule has 246 valence electrons. The van der Waals surface area contributed by atoms with Crippen molar-refractivity contribution in [2.45, 2.75) is 0 Å². The highest BCUT2D eigenvalue weighted by molar-refractivity contribution is 6.25. The number of benzene rings is 13. The molecule has 0 aliphatic carbocycles. The minimum absolute atomic E-state index is 1.27. The summed E-state index contributed by atoms with van der Waals surface area (Å²) in [5.41, 5.74) is 0. The molecule has 0 spiro atoms. The van der Waals surface area contributed by atoms with Gasteiger partial charge in [-0.2, -0.15) is 0 Å². The average molecular weight is 679 g/mol. The van der Waals surface area contributed by atoms with Gasteiger partial charge in [0.2, 0.25) is 0 Å². The van der Waals surface area contributed by atoms with E-state index in [0.717, 1.165) is 0 Å². The molecule has 0 saturated carbocycles. The minimum atomic E-state index is 1.27. The van der Waals surface area contributed by atoms with Crippen LogP contribution in [-0.2, 0) is 0 Å². The molecule has 0 saturated heterocycles. The monoisotopic (exact) mass is 678 g/mol. The normalized spacial score (nSPS) is 12.4. The Balaban J connectivity index is 1.10. The van der Waals surface area contributed by atoms with Crippen LogP contribution in [-0.4, -0.2) is 0 Å². The molecular formula is C54H30. The standard InChI is InChI=1S/C54H30/c1-3-7-43-31(5-1)9-11-33-21-35-13-15-37-23-39-17-19-41-25-42-20-18-40-24-38-16-14-36-22-34-12-10-32-6-2-4-8-44(32)46(34)27-48(36)50(38)29-52(40)54(42)30-53(41)51(39)28-49(37)47(35)26-45(33)43/h1-30H. The fraction of sp³-hybridized carbons (Fsp3) is 0. The van der Waals surface area contributed by atoms with Crippen molar-refractivity contribution in [2.75, 3.05) is 0 Å². The average Bonchev–Trinajstić information content (AvgIpc) is 3.23. The highest BCUT2D eigenvalue weighted by atomic mass is 14.2. The predicted octanol–water partition coefficient (Wildman–Crippen LogP) is 15.5. The molecule has 0 nitrogen and oxygen atoms in total. The van der Waals surface area contributed by atoms with Gasteiger partial charge in [-0.1, -0.05) is 121 Å². The summed E-state index contributed by atoms with van der Waals surface area (Å²) in [7, 11) is 0. The maximum absolute atomic E-state index is 2.47. The summed E-state index contributed by atoms with van der Waals surface area (Å²) < 4.78 is 0. The van der Waals surface area contributed by atoms with Gasteiger partial charge in [-0.05, 0) is 190 Å². The van der Waals surface area contributed by atoms with Gasteiger partial charge in [-0.15, -0.1) is 0 Å². The lowest BCUT2D eigenvalue weighted by atomic mass is 9.90. The van der Waals surface area contributed by atoms with Crippen molar-refractivity contribution >= 4 is 129 Å². The molecule has 0 unspecified atom stereocenters. The van der Waals surface area contributed by atoms with E-state index in [1.165, 1.54) is 129 Å². The van der Waals surface area contributed by atoms with Gasteiger partial charge in [0.1, 0.15) is 0 Å². The van der Waals surface area contributed by atoms with E-state index in [9.17, 15) is 0 Å². The Kier molecular flexibility index (Phi) is 5.45. The molecule has 0 radical (unpaired) electrons. The molecule has 0 amide bonds. The summed E-state index contributed by atoms with van der Waals surface area (Å²) in [4.78, 5) is 0. The summed E-state index contributed by atoms with van der Waals surface area (Å²) in [6.07, 6.45) is 0. The van der Waals surface area contributed by atoms with Crippen molar-refractivity contribution in [3.8, 4) is 0 Å². The molecule has 0 atom stereocenters. The fourth-order valence-electron chi connectivity index (χ4n) is 9.73. The van der Waals surface area contributed by atoms with Crippen molar-refractivity contribution in [2.24, 2.45) is 0 Å². The Labute approximate surface area is 310 Å². The van der Waals surface area contributed by atoms with E-state index in [4.69, 9.17) is 0 Å². The zero-order valence-corrected chi connectivity index (χ0v) is 29.3. The van der Waals surface area contributed by atoms with Gasteiger partial charge in [0, 0.05) is 0 Å². The third-order valence-electron chi connectivity index (χ3n) is 12.4. The van der Waals surface area contributed by atoms with E-state index in [1.54, 1.807) is 0 Å². The first-order chi connectivity index (χ1) is 26.7. The van der Waals surface area contributed by atoms with Crippen molar-refractivity contribution in [1.82, 2.24) is 0 Å². The molecule has 13 aromatic carbocycles. The van der Waals surface area contributed by atoms with Crippen molar-refractivity contribution in [3.63, 3.8) is 0 Å². The molecule has 0 heterocycles. The van der Waals surface area contributed by atoms with Crippen LogP contribution in [0.2, 0.25) is 0 Å². The van der Waals surface area contributed by atoms with E-state index in [-0.39, 0.29) is 0 Å². The number of fused-ring (bicyclic) bond motifs is 18. The van der Waals surface area contributed by atoms with Crippen LogP contribution in [0.25, 0.3) is 129 Å². The summed E-state index contributed by atoms with van der Waals surface area (Å²) in [5.74, 6) is 0. The molecule has 0 bridgehead atoms. The Morgan fingerprint density at radius 2 is 0.315 bits per heavy atom. The second-order valence-electron chi connectivity index (χ2n) is 15.3. The van der Waals surface area contributed by atoms with Gasteiger partial charge < -0.3 is 0 Å². The highest BCUT2D eigenvalue weighted by Gasteiger charge is 2.13. The largest absolute Gasteiger partial charge is 0.0616 e. The summed E-state index contributed by atoms with van der Waals surface area (Å²) in [6.45, 7) is 0. The lowest BCUT2D eigenvalue weighted by Gasteiger charge is -2.13. The van der Waals surface area contributed by atoms with Crippen molar-refractivity contribution in [1.29, 1.82) is 0 Å². The molecule has 54 heavy (non-hydrogen) atoms. The molecular weight excluding hydrogens is 649 g/mol. The second kappa shape index (κ2) is 10.3. The van der Waals surface area contributed by atoms with Crippen LogP contribution in [0.3, 0.4) is 0 Å². The van der Waals surface area contributed by atoms with Gasteiger partial charge in [0.15, 0.2) is 0 Å². The predicted molar refractivity (Wildman–Crippen MR) is 237 cm³/mol. The second-order valence-corrected chi connectivity index (χ2v) is 15.3. The Morgan fingerprint density at radius 1 is 0.130 bits per heavy atom. The van der Waals surface area contributed by atoms with Gasteiger partial charge in [0.05, 0.1) is 0 Å². The molecule has 13 aromatic rings. The summed E-state index contributed by atoms with van der Waals surface area (Å²) in [6, 6.07) is 69.0. The topological polar surface area (TPSA) is 0 Å². The number of hydrogen-bond acceptors (Lipinski definition) is 0. The van der Waals surface area contributed by atoms with E-state index >= 15 is 0 Å². The van der Waals surface area contributed by atoms with Gasteiger partial charge in [-0.3, -0.25) is 0 Å². The third-order valence-corrected chi connectivity index (χ3v) is 12.4. The van der Waals surface area contributed by atoms with Crippen LogP contribution in [0.15, 0.2) is 182 Å². The van der Waals surface area contributed by atoms with Gasteiger partial charge in [0.25, 0.3) is 0 Å². The zero-order valence-electron chi connectivity index (χ0n) is 29.3. The minimum Gasteiger partial charge on any atom is -0.0616 e. The SMILES string of the molecule is c1ccc2c(c1)ccc1cc3ccc4cc5ccc6cc7ccc8cc9ccc%10cc%11ccc%12ccccc%12c%11cc%10c9cc8c7cc6c5cc4c3cc12. The Morgan fingerprint density at radius 3 is 0.556 bits per heavy atom. The fourth-order valence-corrected chi connectivity index (χ4v) is 9.73. The Bertz CT molecular complexity index is 3580. The maximum Gasteiger partial charge on any atom is -0.00986 e. The zero-order chi connectivity index (χ0) is 35.1. The first-order valence-corrected chi connectivity index (χ1v) is 18.9. The number of hydrogen-bond donors (Lipinski definition) is 0. The lowest BCUT2D eigenvalue weighted by molar-refractivity contribution is 1.79. The maximum atomic E-state index is 2.47. The summed E-state index contributed by atoms with van der Waals surface area (Å²) >= 11 is 0. The van der Waals surface area contributed by atoms with E-state index in [2.05, 4.69) is 182 Å². The first kappa shape index (κ1) is 28.6. The molecule has 0 aromatic heterocycles. The molecule has 13 rings (SSSR count). The molecule has 0 fully saturated rings. The first-order valence-electron chi connectivity index (χ1n) is 18.9. The molecule has 0 N–H and O–H groups in total. The number of rotatable bonds is 0. The van der Waals surface area contributed by atoms with E-state index < -0.39 is 0 Å². The van der Waals surface area contributed by atoms with Crippen LogP contribution >= 0.6 is 0 Å². The molecule has 0 heteroatoms. The quantitative estimate of drug-likeness (QED) is 0.111. The molecule has 0 aliphatic heterocycles. The van der Waals surface area contributed by atoms with Crippen LogP contribution in [0.5, 0.6) is 0 Å². The smallest absolute Gasteiger partial charge is 0.00986 e. The Hall–Kier alpha value is -7.02. The van der Waals surface area contributed by atoms with Crippen molar-refractivity contribution in [3.05, 3.63) is 182 Å². The van der Waals surface area contributed by atoms with Gasteiger partial charge in [-0.25, -0.2) is 0 Å². The lowest BCUT2D eigenvalue weighted by Crippen LogP contribution is -1.86. The van der Waals surface area contributed by atoms with E-state index in [1.807, 2.05) is 0 Å². The van der Waals surface area contributed by atoms with Crippen LogP contribution < -0.4 is 0 Å². The van der Waals surface area contributed by atoms with Gasteiger partial charge >= 0.3 is 0 Å². The van der Waals surface area contributed by atoms with E-state index in [0.29, 0.717) is 0 Å². The van der Waals surface area contributed by atoms with Crippen molar-refractivity contribution < 1.29 is 0 Å². The van der Waals surface area contributed by atoms with Crippen LogP contribution in [0, 0.1) is 0 Å². The highest BCUT2D eigenvalue weighted by Crippen LogP contribution is 2.40. The van der Waals surface area contributed by atoms with Crippen LogP contribution in [0.1, 0.15) is 0 Å². The molecule has 0 aliphatic rings. The summed E-state index contributed by atoms with van der Waals surface area (Å²) in [5, 5.41) is 31.0. The van der Waals surface area contributed by atoms with Crippen LogP contribution in [0.4, 0.5) is 0 Å².